The smallest absolute Gasteiger partial charge is 0.271 e. The summed E-state index contributed by atoms with van der Waals surface area (Å²) in [5, 5.41) is 9.21. The number of methoxy groups -OCH3 is 1. The molecule has 0 aliphatic heterocycles. The molecule has 2 aromatic carbocycles. The summed E-state index contributed by atoms with van der Waals surface area (Å²) in [6.07, 6.45) is 1.39. The molecule has 6 nitrogen and oxygen atoms in total. The van der Waals surface area contributed by atoms with Crippen LogP contribution in [0.1, 0.15) is 21.7 Å². The maximum absolute atomic E-state index is 12.4. The molecule has 0 aliphatic carbocycles. The van der Waals surface area contributed by atoms with E-state index in [1.54, 1.807) is 25.1 Å². The summed E-state index contributed by atoms with van der Waals surface area (Å²) >= 11 is 24.6. The highest BCUT2D eigenvalue weighted by molar-refractivity contribution is 6.39. The van der Waals surface area contributed by atoms with Crippen molar-refractivity contribution >= 4 is 58.5 Å². The first-order chi connectivity index (χ1) is 13.8. The number of halogens is 4. The predicted octanol–water partition coefficient (Wildman–Crippen LogP) is 6.04. The highest BCUT2D eigenvalue weighted by Gasteiger charge is 2.19. The highest BCUT2D eigenvalue weighted by Crippen LogP contribution is 2.36. The van der Waals surface area contributed by atoms with E-state index in [-0.39, 0.29) is 21.4 Å². The first-order valence-electron chi connectivity index (χ1n) is 8.10. The van der Waals surface area contributed by atoms with E-state index in [1.165, 1.54) is 25.5 Å². The lowest BCUT2D eigenvalue weighted by Gasteiger charge is -2.07. The Hall–Kier alpha value is -2.25. The Bertz CT molecular complexity index is 1070. The van der Waals surface area contributed by atoms with Crippen molar-refractivity contribution in [3.63, 3.8) is 0 Å². The Morgan fingerprint density at radius 3 is 2.34 bits per heavy atom. The maximum Gasteiger partial charge on any atom is 0.271 e. The number of rotatable bonds is 5. The number of nitrogens with zero attached hydrogens (tertiary/aromatic N) is 2. The summed E-state index contributed by atoms with van der Waals surface area (Å²) in [6.45, 7) is 1.70. The Kier molecular flexibility index (Phi) is 6.70. The molecule has 0 spiro atoms. The number of carbonyl (C=O) groups excluding carboxylic acids is 1. The second-order valence-corrected chi connectivity index (χ2v) is 7.40. The van der Waals surface area contributed by atoms with Gasteiger partial charge in [0.05, 0.1) is 39.0 Å². The van der Waals surface area contributed by atoms with Crippen molar-refractivity contribution in [2.75, 3.05) is 7.11 Å². The first kappa shape index (κ1) is 21.5. The summed E-state index contributed by atoms with van der Waals surface area (Å²) < 4.78 is 10.3. The van der Waals surface area contributed by atoms with Crippen LogP contribution < -0.4 is 10.2 Å². The van der Waals surface area contributed by atoms with Gasteiger partial charge in [0.25, 0.3) is 5.91 Å². The second kappa shape index (κ2) is 9.05. The zero-order chi connectivity index (χ0) is 21.1. The Labute approximate surface area is 186 Å². The van der Waals surface area contributed by atoms with Gasteiger partial charge in [-0.2, -0.15) is 5.10 Å². The summed E-state index contributed by atoms with van der Waals surface area (Å²) in [7, 11) is 1.43. The first-order valence-corrected chi connectivity index (χ1v) is 9.61. The van der Waals surface area contributed by atoms with Crippen LogP contribution in [-0.4, -0.2) is 24.4 Å². The van der Waals surface area contributed by atoms with Crippen LogP contribution in [-0.2, 0) is 0 Å². The molecule has 0 radical (unpaired) electrons. The Morgan fingerprint density at radius 1 is 1.14 bits per heavy atom. The lowest BCUT2D eigenvalue weighted by Crippen LogP contribution is -2.17. The van der Waals surface area contributed by atoms with Gasteiger partial charge in [0, 0.05) is 11.1 Å². The monoisotopic (exact) mass is 471 g/mol. The third-order valence-electron chi connectivity index (χ3n) is 3.93. The fraction of sp³-hybridized carbons (Fsp3) is 0.105. The van der Waals surface area contributed by atoms with Crippen LogP contribution in [0.3, 0.4) is 0 Å². The van der Waals surface area contributed by atoms with Gasteiger partial charge in [0.15, 0.2) is 5.75 Å². The Balaban J connectivity index is 1.85. The molecule has 0 bridgehead atoms. The molecular formula is C19H13Cl4N3O3. The molecule has 0 atom stereocenters. The zero-order valence-electron chi connectivity index (χ0n) is 15.1. The number of benzene rings is 2. The van der Waals surface area contributed by atoms with Crippen LogP contribution in [0, 0.1) is 6.92 Å². The van der Waals surface area contributed by atoms with E-state index in [9.17, 15) is 4.79 Å². The third-order valence-corrected chi connectivity index (χ3v) is 5.12. The highest BCUT2D eigenvalue weighted by atomic mass is 35.5. The quantitative estimate of drug-likeness (QED) is 0.363. The maximum atomic E-state index is 12.4. The standard InChI is InChI=1S/C19H13Cl4N3O3/c1-9-11(17(26-29-9)16-12(20)4-3-5-13(16)21)8-24-25-19(27)10-6-14(22)18(28-2)15(23)7-10/h3-8H,1-2H3,(H,25,27)/b24-8-. The van der Waals surface area contributed by atoms with Gasteiger partial charge in [-0.1, -0.05) is 57.6 Å². The van der Waals surface area contributed by atoms with Crippen molar-refractivity contribution in [3.8, 4) is 17.0 Å². The van der Waals surface area contributed by atoms with Gasteiger partial charge in [-0.05, 0) is 31.2 Å². The van der Waals surface area contributed by atoms with Gasteiger partial charge < -0.3 is 9.26 Å². The number of nitrogens with one attached hydrogen (secondary N) is 1. The van der Waals surface area contributed by atoms with E-state index < -0.39 is 5.91 Å². The third kappa shape index (κ3) is 4.51. The molecule has 10 heteroatoms. The molecule has 29 heavy (non-hydrogen) atoms. The largest absolute Gasteiger partial charge is 0.494 e. The average molecular weight is 473 g/mol. The zero-order valence-corrected chi connectivity index (χ0v) is 18.1. The van der Waals surface area contributed by atoms with Gasteiger partial charge in [-0.3, -0.25) is 4.79 Å². The summed E-state index contributed by atoms with van der Waals surface area (Å²) in [4.78, 5) is 12.4. The summed E-state index contributed by atoms with van der Waals surface area (Å²) in [5.41, 5.74) is 4.06. The van der Waals surface area contributed by atoms with Crippen molar-refractivity contribution < 1.29 is 14.1 Å². The molecular weight excluding hydrogens is 460 g/mol. The molecule has 0 fully saturated rings. The van der Waals surface area contributed by atoms with E-state index in [4.69, 9.17) is 55.7 Å². The van der Waals surface area contributed by atoms with Gasteiger partial charge in [-0.25, -0.2) is 5.43 Å². The molecule has 3 aromatic rings. The van der Waals surface area contributed by atoms with Crippen LogP contribution in [0.15, 0.2) is 40.0 Å². The van der Waals surface area contributed by atoms with Gasteiger partial charge >= 0.3 is 0 Å². The topological polar surface area (TPSA) is 76.7 Å². The van der Waals surface area contributed by atoms with Crippen molar-refractivity contribution in [2.45, 2.75) is 6.92 Å². The number of aryl methyl sites for hydroxylation is 1. The summed E-state index contributed by atoms with van der Waals surface area (Å²) in [6, 6.07) is 7.95. The minimum Gasteiger partial charge on any atom is -0.494 e. The molecule has 0 unspecified atom stereocenters. The molecule has 0 saturated heterocycles. The van der Waals surface area contributed by atoms with Crippen LogP contribution in [0.2, 0.25) is 20.1 Å². The van der Waals surface area contributed by atoms with Crippen LogP contribution >= 0.6 is 46.4 Å². The van der Waals surface area contributed by atoms with E-state index in [2.05, 4.69) is 15.7 Å². The molecule has 1 aromatic heterocycles. The number of amides is 1. The van der Waals surface area contributed by atoms with Crippen LogP contribution in [0.25, 0.3) is 11.3 Å². The fourth-order valence-electron chi connectivity index (χ4n) is 2.54. The lowest BCUT2D eigenvalue weighted by atomic mass is 10.1. The number of ether oxygens (including phenoxy) is 1. The fourth-order valence-corrected chi connectivity index (χ4v) is 3.76. The number of aromatic nitrogens is 1. The molecule has 3 rings (SSSR count). The van der Waals surface area contributed by atoms with Crippen molar-refractivity contribution in [1.29, 1.82) is 0 Å². The minimum atomic E-state index is -0.515. The molecule has 150 valence electrons. The van der Waals surface area contributed by atoms with Crippen molar-refractivity contribution in [1.82, 2.24) is 10.6 Å². The molecule has 1 N–H and O–H groups in total. The Morgan fingerprint density at radius 2 is 1.76 bits per heavy atom. The number of hydrazone groups is 1. The number of hydrogen-bond donors (Lipinski definition) is 1. The van der Waals surface area contributed by atoms with Crippen molar-refractivity contribution in [2.24, 2.45) is 5.10 Å². The number of hydrogen-bond acceptors (Lipinski definition) is 5. The van der Waals surface area contributed by atoms with E-state index in [1.807, 2.05) is 0 Å². The molecule has 1 heterocycles. The average Bonchev–Trinajstić information content (AvgIpc) is 3.02. The SMILES string of the molecule is COc1c(Cl)cc(C(=O)N/N=C\c2c(-c3c(Cl)cccc3Cl)noc2C)cc1Cl. The van der Waals surface area contributed by atoms with Crippen molar-refractivity contribution in [3.05, 3.63) is 67.3 Å². The van der Waals surface area contributed by atoms with E-state index in [0.29, 0.717) is 32.6 Å². The van der Waals surface area contributed by atoms with Gasteiger partial charge in [0.1, 0.15) is 11.5 Å². The number of carbonyl (C=O) groups is 1. The van der Waals surface area contributed by atoms with Crippen LogP contribution in [0.5, 0.6) is 5.75 Å². The van der Waals surface area contributed by atoms with E-state index in [0.717, 1.165) is 0 Å². The van der Waals surface area contributed by atoms with E-state index >= 15 is 0 Å². The van der Waals surface area contributed by atoms with Gasteiger partial charge in [0.2, 0.25) is 0 Å². The normalized spacial score (nSPS) is 11.1. The lowest BCUT2D eigenvalue weighted by molar-refractivity contribution is 0.0955. The predicted molar refractivity (Wildman–Crippen MR) is 115 cm³/mol. The molecule has 0 saturated carbocycles. The minimum absolute atomic E-state index is 0.208. The molecule has 1 amide bonds. The molecule has 0 aliphatic rings. The van der Waals surface area contributed by atoms with Gasteiger partial charge in [-0.15, -0.1) is 0 Å². The summed E-state index contributed by atoms with van der Waals surface area (Å²) in [5.74, 6) is 0.249. The van der Waals surface area contributed by atoms with Crippen LogP contribution in [0.4, 0.5) is 0 Å². The second-order valence-electron chi connectivity index (χ2n) is 5.77.